The number of nitrogens with zero attached hydrogens (tertiary/aromatic N) is 1. The van der Waals surface area contributed by atoms with Crippen LogP contribution in [0.5, 0.6) is 5.75 Å². The van der Waals surface area contributed by atoms with Crippen LogP contribution in [-0.2, 0) is 0 Å². The van der Waals surface area contributed by atoms with Crippen molar-refractivity contribution in [1.29, 1.82) is 0 Å². The maximum absolute atomic E-state index is 10.9. The molecule has 1 aromatic rings. The molecule has 0 saturated heterocycles. The van der Waals surface area contributed by atoms with Crippen LogP contribution in [0, 0.1) is 0 Å². The number of aromatic nitrogens is 1. The van der Waals surface area contributed by atoms with Crippen molar-refractivity contribution in [2.45, 2.75) is 19.8 Å². The highest BCUT2D eigenvalue weighted by atomic mass is 16.5. The maximum atomic E-state index is 10.9. The largest absolute Gasteiger partial charge is 0.503 e. The second kappa shape index (κ2) is 2.89. The molecule has 0 atom stereocenters. The van der Waals surface area contributed by atoms with Gasteiger partial charge in [0.2, 0.25) is 5.43 Å². The Balaban J connectivity index is 3.33. The van der Waals surface area contributed by atoms with E-state index in [2.05, 4.69) is 0 Å². The van der Waals surface area contributed by atoms with Crippen molar-refractivity contribution >= 4 is 0 Å². The molecule has 0 radical (unpaired) electrons. The monoisotopic (exact) mass is 169 g/mol. The van der Waals surface area contributed by atoms with E-state index in [1.54, 1.807) is 0 Å². The fourth-order valence-electron chi connectivity index (χ4n) is 0.960. The SMILES string of the molecule is CC(C)c1cc(=O)c(O)cn1O. The van der Waals surface area contributed by atoms with Crippen molar-refractivity contribution < 1.29 is 10.3 Å². The van der Waals surface area contributed by atoms with Crippen molar-refractivity contribution in [3.63, 3.8) is 0 Å². The highest BCUT2D eigenvalue weighted by Crippen LogP contribution is 2.12. The lowest BCUT2D eigenvalue weighted by molar-refractivity contribution is 0.168. The van der Waals surface area contributed by atoms with Crippen LogP contribution >= 0.6 is 0 Å². The number of pyridine rings is 1. The fourth-order valence-corrected chi connectivity index (χ4v) is 0.960. The summed E-state index contributed by atoms with van der Waals surface area (Å²) in [6.45, 7) is 3.69. The van der Waals surface area contributed by atoms with Gasteiger partial charge in [0.25, 0.3) is 0 Å². The Morgan fingerprint density at radius 3 is 2.58 bits per heavy atom. The minimum atomic E-state index is -0.469. The molecule has 2 N–H and O–H groups in total. The molecule has 0 saturated carbocycles. The molecule has 0 bridgehead atoms. The predicted octanol–water partition coefficient (Wildman–Crippen LogP) is 0.915. The molecule has 1 rings (SSSR count). The van der Waals surface area contributed by atoms with Gasteiger partial charge in [-0.15, -0.1) is 0 Å². The van der Waals surface area contributed by atoms with Gasteiger partial charge in [0.1, 0.15) is 0 Å². The number of hydrogen-bond acceptors (Lipinski definition) is 3. The van der Waals surface area contributed by atoms with E-state index in [9.17, 15) is 10.0 Å². The van der Waals surface area contributed by atoms with Crippen LogP contribution in [0.25, 0.3) is 0 Å². The quantitative estimate of drug-likeness (QED) is 0.614. The van der Waals surface area contributed by atoms with Crippen molar-refractivity contribution in [2.75, 3.05) is 0 Å². The van der Waals surface area contributed by atoms with E-state index in [0.717, 1.165) is 10.9 Å². The van der Waals surface area contributed by atoms with E-state index in [4.69, 9.17) is 5.11 Å². The van der Waals surface area contributed by atoms with Crippen molar-refractivity contribution in [3.8, 4) is 5.75 Å². The molecule has 4 heteroatoms. The summed E-state index contributed by atoms with van der Waals surface area (Å²) >= 11 is 0. The third kappa shape index (κ3) is 1.42. The van der Waals surface area contributed by atoms with Crippen LogP contribution in [0.15, 0.2) is 17.1 Å². The first-order valence-electron chi connectivity index (χ1n) is 3.67. The van der Waals surface area contributed by atoms with Crippen molar-refractivity contribution in [1.82, 2.24) is 4.73 Å². The lowest BCUT2D eigenvalue weighted by Crippen LogP contribution is -2.10. The van der Waals surface area contributed by atoms with E-state index >= 15 is 0 Å². The first-order valence-corrected chi connectivity index (χ1v) is 3.67. The van der Waals surface area contributed by atoms with Gasteiger partial charge >= 0.3 is 0 Å². The zero-order chi connectivity index (χ0) is 9.30. The Bertz CT molecular complexity index is 341. The molecule has 0 amide bonds. The van der Waals surface area contributed by atoms with Gasteiger partial charge in [-0.05, 0) is 5.92 Å². The van der Waals surface area contributed by atoms with Crippen molar-refractivity contribution in [3.05, 3.63) is 28.2 Å². The molecule has 0 aliphatic carbocycles. The first kappa shape index (κ1) is 8.64. The molecule has 0 spiro atoms. The Morgan fingerprint density at radius 1 is 1.50 bits per heavy atom. The third-order valence-electron chi connectivity index (χ3n) is 1.63. The lowest BCUT2D eigenvalue weighted by atomic mass is 10.1. The Hall–Kier alpha value is -1.45. The van der Waals surface area contributed by atoms with E-state index in [0.29, 0.717) is 5.69 Å². The summed E-state index contributed by atoms with van der Waals surface area (Å²) in [6, 6.07) is 1.22. The zero-order valence-corrected chi connectivity index (χ0v) is 6.98. The summed E-state index contributed by atoms with van der Waals surface area (Å²) in [4.78, 5) is 10.9. The standard InChI is InChI=1S/C8H11NO3/c1-5(2)6-3-7(10)8(11)4-9(6)12/h3-5,11-12H,1-2H3. The molecule has 1 aromatic heterocycles. The molecule has 66 valence electrons. The van der Waals surface area contributed by atoms with Gasteiger partial charge in [-0.3, -0.25) is 4.79 Å². The molecular weight excluding hydrogens is 158 g/mol. The van der Waals surface area contributed by atoms with Gasteiger partial charge in [0.15, 0.2) is 5.75 Å². The minimum Gasteiger partial charge on any atom is -0.503 e. The van der Waals surface area contributed by atoms with Crippen LogP contribution in [0.1, 0.15) is 25.5 Å². The highest BCUT2D eigenvalue weighted by molar-refractivity contribution is 5.20. The third-order valence-corrected chi connectivity index (χ3v) is 1.63. The van der Waals surface area contributed by atoms with E-state index < -0.39 is 11.2 Å². The molecule has 0 aliphatic rings. The average Bonchev–Trinajstić information content (AvgIpc) is 1.96. The molecule has 0 aromatic carbocycles. The second-order valence-corrected chi connectivity index (χ2v) is 2.95. The molecular formula is C8H11NO3. The first-order chi connectivity index (χ1) is 5.52. The summed E-state index contributed by atoms with van der Waals surface area (Å²) in [6.07, 6.45) is 0.998. The summed E-state index contributed by atoms with van der Waals surface area (Å²) in [5.41, 5.74) is 0.0156. The fraction of sp³-hybridized carbons (Fsp3) is 0.375. The average molecular weight is 169 g/mol. The molecule has 12 heavy (non-hydrogen) atoms. The van der Waals surface area contributed by atoms with E-state index in [1.165, 1.54) is 6.07 Å². The van der Waals surface area contributed by atoms with Crippen LogP contribution in [-0.4, -0.2) is 15.0 Å². The molecule has 0 fully saturated rings. The van der Waals surface area contributed by atoms with E-state index in [1.807, 2.05) is 13.8 Å². The molecule has 0 unspecified atom stereocenters. The molecule has 1 heterocycles. The smallest absolute Gasteiger partial charge is 0.223 e. The van der Waals surface area contributed by atoms with Crippen LogP contribution in [0.3, 0.4) is 0 Å². The topological polar surface area (TPSA) is 62.5 Å². The van der Waals surface area contributed by atoms with E-state index in [-0.39, 0.29) is 5.92 Å². The van der Waals surface area contributed by atoms with Gasteiger partial charge in [0, 0.05) is 6.07 Å². The summed E-state index contributed by atoms with van der Waals surface area (Å²) in [5.74, 6) is -0.398. The Kier molecular flexibility index (Phi) is 2.08. The Morgan fingerprint density at radius 2 is 2.08 bits per heavy atom. The number of rotatable bonds is 1. The minimum absolute atomic E-state index is 0.0447. The van der Waals surface area contributed by atoms with Gasteiger partial charge in [0.05, 0.1) is 11.9 Å². The van der Waals surface area contributed by atoms with Crippen molar-refractivity contribution in [2.24, 2.45) is 0 Å². The summed E-state index contributed by atoms with van der Waals surface area (Å²) < 4.78 is 0.765. The predicted molar refractivity (Wildman–Crippen MR) is 43.6 cm³/mol. The lowest BCUT2D eigenvalue weighted by Gasteiger charge is -2.09. The number of aromatic hydroxyl groups is 1. The van der Waals surface area contributed by atoms with Crippen LogP contribution in [0.2, 0.25) is 0 Å². The molecule has 0 aliphatic heterocycles. The maximum Gasteiger partial charge on any atom is 0.223 e. The van der Waals surface area contributed by atoms with Gasteiger partial charge in [-0.25, -0.2) is 0 Å². The number of hydrogen-bond donors (Lipinski definition) is 2. The van der Waals surface area contributed by atoms with Gasteiger partial charge in [-0.2, -0.15) is 4.73 Å². The Labute approximate surface area is 69.7 Å². The van der Waals surface area contributed by atoms with Gasteiger partial charge < -0.3 is 10.3 Å². The zero-order valence-electron chi connectivity index (χ0n) is 6.98. The van der Waals surface area contributed by atoms with Gasteiger partial charge in [-0.1, -0.05) is 13.8 Å². The summed E-state index contributed by atoms with van der Waals surface area (Å²) in [7, 11) is 0. The highest BCUT2D eigenvalue weighted by Gasteiger charge is 2.07. The molecule has 4 nitrogen and oxygen atoms in total. The van der Waals surface area contributed by atoms with Crippen LogP contribution < -0.4 is 5.43 Å². The second-order valence-electron chi connectivity index (χ2n) is 2.95. The van der Waals surface area contributed by atoms with Crippen LogP contribution in [0.4, 0.5) is 0 Å². The summed E-state index contributed by atoms with van der Waals surface area (Å²) in [5, 5.41) is 18.1. The normalized spacial score (nSPS) is 10.6.